The molecule has 2 aliphatic heterocycles. The first-order valence-electron chi connectivity index (χ1n) is 11.9. The predicted octanol–water partition coefficient (Wildman–Crippen LogP) is 2.88. The molecular formula is C27H27ClN6O. The van der Waals surface area contributed by atoms with Crippen LogP contribution in [0.4, 0.5) is 0 Å². The van der Waals surface area contributed by atoms with Gasteiger partial charge in [-0.3, -0.25) is 19.3 Å². The third kappa shape index (κ3) is 4.91. The third-order valence-corrected chi connectivity index (χ3v) is 6.52. The number of aliphatic imine (C=N–C) groups is 1. The number of fused-ring (bicyclic) bond motifs is 1. The average Bonchev–Trinajstić information content (AvgIpc) is 3.39. The van der Waals surface area contributed by atoms with Crippen molar-refractivity contribution in [2.75, 3.05) is 13.1 Å². The zero-order chi connectivity index (χ0) is 24.2. The zero-order valence-corrected chi connectivity index (χ0v) is 20.3. The Labute approximate surface area is 208 Å². The van der Waals surface area contributed by atoms with Crippen LogP contribution in [-0.4, -0.2) is 35.0 Å². The maximum Gasteiger partial charge on any atom is 0.260 e. The highest BCUT2D eigenvalue weighted by Crippen LogP contribution is 2.30. The van der Waals surface area contributed by atoms with Crippen molar-refractivity contribution in [3.05, 3.63) is 86.8 Å². The molecule has 35 heavy (non-hydrogen) atoms. The molecule has 0 saturated carbocycles. The second kappa shape index (κ2) is 10.3. The first-order chi connectivity index (χ1) is 17.1. The first kappa shape index (κ1) is 23.1. The lowest BCUT2D eigenvalue weighted by atomic mass is 10.0. The fourth-order valence-corrected chi connectivity index (χ4v) is 4.64. The summed E-state index contributed by atoms with van der Waals surface area (Å²) in [5.41, 5.74) is 3.78. The molecule has 1 aromatic carbocycles. The highest BCUT2D eigenvalue weighted by Gasteiger charge is 2.15. The molecule has 0 radical (unpaired) electrons. The highest BCUT2D eigenvalue weighted by molar-refractivity contribution is 6.33. The van der Waals surface area contributed by atoms with Gasteiger partial charge >= 0.3 is 0 Å². The molecule has 2 aliphatic rings. The molecule has 0 amide bonds. The average molecular weight is 487 g/mol. The summed E-state index contributed by atoms with van der Waals surface area (Å²) in [6.45, 7) is 3.92. The summed E-state index contributed by atoms with van der Waals surface area (Å²) in [5, 5.41) is 8.10. The Kier molecular flexibility index (Phi) is 6.77. The summed E-state index contributed by atoms with van der Waals surface area (Å²) < 4.78 is 1.73. The van der Waals surface area contributed by atoms with Crippen molar-refractivity contribution in [2.45, 2.75) is 32.4 Å². The summed E-state index contributed by atoms with van der Waals surface area (Å²) in [7, 11) is 0. The van der Waals surface area contributed by atoms with Gasteiger partial charge in [-0.15, -0.1) is 0 Å². The summed E-state index contributed by atoms with van der Waals surface area (Å²) >= 11 is 6.71. The minimum Gasteiger partial charge on any atom is -0.370 e. The lowest BCUT2D eigenvalue weighted by Gasteiger charge is -2.15. The number of rotatable bonds is 6. The van der Waals surface area contributed by atoms with Gasteiger partial charge in [0.05, 0.1) is 18.9 Å². The van der Waals surface area contributed by atoms with Crippen LogP contribution in [0.5, 0.6) is 0 Å². The molecule has 3 aromatic rings. The maximum atomic E-state index is 13.6. The van der Waals surface area contributed by atoms with Crippen LogP contribution >= 0.6 is 11.6 Å². The molecule has 2 aromatic heterocycles. The Balaban J connectivity index is 1.56. The van der Waals surface area contributed by atoms with Crippen LogP contribution in [0.15, 0.2) is 75.5 Å². The SMILES string of the molecule is CCn1c(=O)c(-c2ccc(-c3cccnc3)cc2Cl)cc2c1=NC(NCC1CN=CN1)=CCCC=2. The Hall–Kier alpha value is -3.71. The minimum absolute atomic E-state index is 0.106. The number of benzene rings is 1. The quantitative estimate of drug-likeness (QED) is 0.561. The number of hydrogen-bond acceptors (Lipinski definition) is 6. The van der Waals surface area contributed by atoms with E-state index in [-0.39, 0.29) is 11.6 Å². The second-order valence-corrected chi connectivity index (χ2v) is 8.95. The van der Waals surface area contributed by atoms with Crippen molar-refractivity contribution < 1.29 is 0 Å². The molecule has 0 fully saturated rings. The van der Waals surface area contributed by atoms with Crippen LogP contribution in [-0.2, 0) is 6.54 Å². The van der Waals surface area contributed by atoms with Gasteiger partial charge in [-0.25, -0.2) is 4.99 Å². The van der Waals surface area contributed by atoms with E-state index >= 15 is 0 Å². The lowest BCUT2D eigenvalue weighted by molar-refractivity contribution is 0.599. The van der Waals surface area contributed by atoms with Crippen molar-refractivity contribution in [1.29, 1.82) is 0 Å². The van der Waals surface area contributed by atoms with Gasteiger partial charge in [0, 0.05) is 52.4 Å². The molecule has 4 heterocycles. The van der Waals surface area contributed by atoms with E-state index < -0.39 is 0 Å². The van der Waals surface area contributed by atoms with Crippen molar-refractivity contribution in [2.24, 2.45) is 9.98 Å². The largest absolute Gasteiger partial charge is 0.370 e. The van der Waals surface area contributed by atoms with Crippen LogP contribution in [0.2, 0.25) is 5.02 Å². The molecular weight excluding hydrogens is 460 g/mol. The monoisotopic (exact) mass is 486 g/mol. The van der Waals surface area contributed by atoms with E-state index in [1.165, 1.54) is 0 Å². The van der Waals surface area contributed by atoms with E-state index in [0.29, 0.717) is 34.7 Å². The maximum absolute atomic E-state index is 13.6. The van der Waals surface area contributed by atoms with Crippen LogP contribution in [0, 0.1) is 0 Å². The number of pyridine rings is 2. The van der Waals surface area contributed by atoms with E-state index in [2.05, 4.69) is 32.8 Å². The Morgan fingerprint density at radius 1 is 1.14 bits per heavy atom. The van der Waals surface area contributed by atoms with Crippen LogP contribution in [0.1, 0.15) is 19.8 Å². The summed E-state index contributed by atoms with van der Waals surface area (Å²) in [6, 6.07) is 11.8. The number of aromatic nitrogens is 2. The molecule has 0 spiro atoms. The molecule has 2 N–H and O–H groups in total. The van der Waals surface area contributed by atoms with Crippen molar-refractivity contribution in [3.8, 4) is 22.3 Å². The van der Waals surface area contributed by atoms with Crippen molar-refractivity contribution in [1.82, 2.24) is 20.2 Å². The Morgan fingerprint density at radius 2 is 2.03 bits per heavy atom. The van der Waals surface area contributed by atoms with Gasteiger partial charge in [0.1, 0.15) is 11.3 Å². The molecule has 0 aliphatic carbocycles. The van der Waals surface area contributed by atoms with Gasteiger partial charge < -0.3 is 10.6 Å². The fraction of sp³-hybridized carbons (Fsp3) is 0.259. The molecule has 8 heteroatoms. The number of nitrogens with one attached hydrogen (secondary N) is 2. The smallest absolute Gasteiger partial charge is 0.260 e. The summed E-state index contributed by atoms with van der Waals surface area (Å²) in [4.78, 5) is 26.9. The topological polar surface area (TPSA) is 83.7 Å². The van der Waals surface area contributed by atoms with Gasteiger partial charge in [0.15, 0.2) is 0 Å². The van der Waals surface area contributed by atoms with E-state index in [0.717, 1.165) is 41.6 Å². The Bertz CT molecular complexity index is 1470. The van der Waals surface area contributed by atoms with Gasteiger partial charge in [-0.2, -0.15) is 0 Å². The molecule has 0 bridgehead atoms. The number of allylic oxidation sites excluding steroid dienone is 1. The number of hydrogen-bond donors (Lipinski definition) is 2. The first-order valence-corrected chi connectivity index (χ1v) is 12.2. The third-order valence-electron chi connectivity index (χ3n) is 6.21. The predicted molar refractivity (Wildman–Crippen MR) is 141 cm³/mol. The van der Waals surface area contributed by atoms with E-state index in [9.17, 15) is 4.79 Å². The van der Waals surface area contributed by atoms with Crippen LogP contribution in [0.25, 0.3) is 28.3 Å². The van der Waals surface area contributed by atoms with Gasteiger partial charge in [0.2, 0.25) is 0 Å². The van der Waals surface area contributed by atoms with E-state index in [4.69, 9.17) is 16.6 Å². The molecule has 5 rings (SSSR count). The molecule has 1 atom stereocenters. The molecule has 1 unspecified atom stereocenters. The molecule has 7 nitrogen and oxygen atoms in total. The van der Waals surface area contributed by atoms with Crippen LogP contribution in [0.3, 0.4) is 0 Å². The molecule has 178 valence electrons. The molecule has 0 saturated heterocycles. The van der Waals surface area contributed by atoms with Gasteiger partial charge in [-0.05, 0) is 49.6 Å². The van der Waals surface area contributed by atoms with Gasteiger partial charge in [-0.1, -0.05) is 35.9 Å². The van der Waals surface area contributed by atoms with E-state index in [1.807, 2.05) is 43.3 Å². The minimum atomic E-state index is -0.106. The zero-order valence-electron chi connectivity index (χ0n) is 19.5. The Morgan fingerprint density at radius 3 is 2.77 bits per heavy atom. The number of nitrogens with zero attached hydrogens (tertiary/aromatic N) is 4. The van der Waals surface area contributed by atoms with Gasteiger partial charge in [0.25, 0.3) is 5.56 Å². The summed E-state index contributed by atoms with van der Waals surface area (Å²) in [6.07, 6.45) is 11.2. The fourth-order valence-electron chi connectivity index (χ4n) is 4.36. The van der Waals surface area contributed by atoms with E-state index in [1.54, 1.807) is 23.3 Å². The van der Waals surface area contributed by atoms with Crippen LogP contribution < -0.4 is 26.9 Å². The highest BCUT2D eigenvalue weighted by atomic mass is 35.5. The number of halogens is 1. The standard InChI is InChI=1S/C27H27ClN6O/c1-2-34-26-19(6-3-4-8-25(33-26)31-16-21-15-30-17-32-21)12-23(27(34)35)22-10-9-18(13-24(22)28)20-7-5-11-29-14-20/h5-14,17,21,31H,2-4,15-16H2,1H3,(H,30,32). The second-order valence-electron chi connectivity index (χ2n) is 8.54. The van der Waals surface area contributed by atoms with Crippen molar-refractivity contribution >= 4 is 24.0 Å². The normalized spacial score (nSPS) is 16.7. The lowest BCUT2D eigenvalue weighted by Crippen LogP contribution is -2.45. The van der Waals surface area contributed by atoms with Crippen molar-refractivity contribution in [3.63, 3.8) is 0 Å². The summed E-state index contributed by atoms with van der Waals surface area (Å²) in [5.74, 6) is 0.779.